The van der Waals surface area contributed by atoms with Gasteiger partial charge >= 0.3 is 0 Å². The average molecular weight is 225 g/mol. The van der Waals surface area contributed by atoms with E-state index in [1.54, 1.807) is 0 Å². The van der Waals surface area contributed by atoms with E-state index in [9.17, 15) is 14.9 Å². The van der Waals surface area contributed by atoms with E-state index in [0.717, 1.165) is 32.1 Å². The molecule has 16 heavy (non-hydrogen) atoms. The van der Waals surface area contributed by atoms with Crippen LogP contribution in [0.5, 0.6) is 0 Å². The maximum absolute atomic E-state index is 11.5. The molecule has 0 aromatic heterocycles. The third kappa shape index (κ3) is 1.97. The molecule has 90 valence electrons. The summed E-state index contributed by atoms with van der Waals surface area (Å²) in [5.41, 5.74) is -0.770. The van der Waals surface area contributed by atoms with Crippen molar-refractivity contribution in [1.82, 2.24) is 0 Å². The Morgan fingerprint density at radius 3 is 2.44 bits per heavy atom. The molecule has 0 aromatic rings. The van der Waals surface area contributed by atoms with Crippen LogP contribution in [0.25, 0.3) is 0 Å². The first kappa shape index (κ1) is 11.6. The van der Waals surface area contributed by atoms with Gasteiger partial charge in [-0.1, -0.05) is 6.42 Å². The van der Waals surface area contributed by atoms with Gasteiger partial charge in [0.15, 0.2) is 0 Å². The summed E-state index contributed by atoms with van der Waals surface area (Å²) >= 11 is 0. The molecule has 1 atom stereocenters. The Labute approximate surface area is 95.6 Å². The van der Waals surface area contributed by atoms with Gasteiger partial charge in [-0.3, -0.25) is 14.9 Å². The standard InChI is InChI=1S/C12H19NO3/c14-11-6-4-5-10(9-11)12(13(15)16)7-2-1-3-8-12/h10H,1-9H2/t10-/m1/s1. The first-order chi connectivity index (χ1) is 7.65. The Hall–Kier alpha value is -0.930. The molecule has 0 unspecified atom stereocenters. The topological polar surface area (TPSA) is 60.2 Å². The molecule has 2 rings (SSSR count). The molecule has 0 saturated heterocycles. The van der Waals surface area contributed by atoms with Crippen LogP contribution in [0, 0.1) is 16.0 Å². The van der Waals surface area contributed by atoms with Crippen LogP contribution in [-0.2, 0) is 4.79 Å². The third-order valence-electron chi connectivity index (χ3n) is 4.33. The van der Waals surface area contributed by atoms with Crippen LogP contribution in [0.3, 0.4) is 0 Å². The Morgan fingerprint density at radius 2 is 1.88 bits per heavy atom. The highest BCUT2D eigenvalue weighted by molar-refractivity contribution is 5.79. The summed E-state index contributed by atoms with van der Waals surface area (Å²) in [6.45, 7) is 0. The molecule has 0 spiro atoms. The van der Waals surface area contributed by atoms with Crippen LogP contribution in [0.4, 0.5) is 0 Å². The molecule has 0 aliphatic heterocycles. The van der Waals surface area contributed by atoms with Crippen LogP contribution < -0.4 is 0 Å². The molecule has 2 saturated carbocycles. The zero-order chi connectivity index (χ0) is 11.6. The van der Waals surface area contributed by atoms with Crippen molar-refractivity contribution in [3.05, 3.63) is 10.1 Å². The summed E-state index contributed by atoms with van der Waals surface area (Å²) in [4.78, 5) is 22.8. The monoisotopic (exact) mass is 225 g/mol. The van der Waals surface area contributed by atoms with E-state index in [2.05, 4.69) is 0 Å². The van der Waals surface area contributed by atoms with Gasteiger partial charge in [0.2, 0.25) is 5.54 Å². The van der Waals surface area contributed by atoms with E-state index < -0.39 is 5.54 Å². The Kier molecular flexibility index (Phi) is 3.26. The van der Waals surface area contributed by atoms with E-state index in [0.29, 0.717) is 25.7 Å². The van der Waals surface area contributed by atoms with Crippen molar-refractivity contribution >= 4 is 5.78 Å². The lowest BCUT2D eigenvalue weighted by Gasteiger charge is -2.37. The Bertz CT molecular complexity index is 295. The fourth-order valence-corrected chi connectivity index (χ4v) is 3.39. The van der Waals surface area contributed by atoms with Crippen molar-refractivity contribution in [3.8, 4) is 0 Å². The summed E-state index contributed by atoms with van der Waals surface area (Å²) in [6, 6.07) is 0. The number of nitrogens with zero attached hydrogens (tertiary/aromatic N) is 1. The van der Waals surface area contributed by atoms with E-state index in [1.807, 2.05) is 0 Å². The molecule has 2 fully saturated rings. The first-order valence-corrected chi connectivity index (χ1v) is 6.31. The average Bonchev–Trinajstić information content (AvgIpc) is 2.30. The normalized spacial score (nSPS) is 30.0. The molecule has 4 heteroatoms. The highest BCUT2D eigenvalue weighted by Gasteiger charge is 2.51. The van der Waals surface area contributed by atoms with Crippen LogP contribution in [0.1, 0.15) is 57.8 Å². The zero-order valence-electron chi connectivity index (χ0n) is 9.61. The fourth-order valence-electron chi connectivity index (χ4n) is 3.39. The van der Waals surface area contributed by atoms with Crippen molar-refractivity contribution in [1.29, 1.82) is 0 Å². The molecule has 2 aliphatic carbocycles. The largest absolute Gasteiger partial charge is 0.300 e. The molecule has 0 radical (unpaired) electrons. The highest BCUT2D eigenvalue weighted by atomic mass is 16.6. The molecular formula is C12H19NO3. The second-order valence-electron chi connectivity index (χ2n) is 5.25. The number of carbonyl (C=O) groups excluding carboxylic acids is 1. The van der Waals surface area contributed by atoms with E-state index in [-0.39, 0.29) is 16.6 Å². The molecule has 2 aliphatic rings. The Balaban J connectivity index is 2.17. The van der Waals surface area contributed by atoms with Crippen LogP contribution in [-0.4, -0.2) is 16.2 Å². The molecule has 0 bridgehead atoms. The van der Waals surface area contributed by atoms with Gasteiger partial charge in [-0.25, -0.2) is 0 Å². The third-order valence-corrected chi connectivity index (χ3v) is 4.33. The fraction of sp³-hybridized carbons (Fsp3) is 0.917. The molecular weight excluding hydrogens is 206 g/mol. The molecule has 0 heterocycles. The van der Waals surface area contributed by atoms with Crippen LogP contribution >= 0.6 is 0 Å². The number of hydrogen-bond donors (Lipinski definition) is 0. The first-order valence-electron chi connectivity index (χ1n) is 6.31. The summed E-state index contributed by atoms with van der Waals surface area (Å²) in [5.74, 6) is 0.229. The van der Waals surface area contributed by atoms with Crippen LogP contribution in [0.2, 0.25) is 0 Å². The number of nitro groups is 1. The van der Waals surface area contributed by atoms with Gasteiger partial charge < -0.3 is 0 Å². The van der Waals surface area contributed by atoms with Gasteiger partial charge in [-0.2, -0.15) is 0 Å². The van der Waals surface area contributed by atoms with Gasteiger partial charge in [0.25, 0.3) is 0 Å². The number of carbonyl (C=O) groups is 1. The minimum Gasteiger partial charge on any atom is -0.300 e. The zero-order valence-corrected chi connectivity index (χ0v) is 9.61. The van der Waals surface area contributed by atoms with Gasteiger partial charge in [0.05, 0.1) is 0 Å². The van der Waals surface area contributed by atoms with Crippen molar-refractivity contribution in [2.24, 2.45) is 5.92 Å². The maximum Gasteiger partial charge on any atom is 0.225 e. The SMILES string of the molecule is O=C1CCC[C@@H](C2([N+](=O)[O-])CCCCC2)C1. The molecule has 4 nitrogen and oxygen atoms in total. The second-order valence-corrected chi connectivity index (χ2v) is 5.25. The lowest BCUT2D eigenvalue weighted by molar-refractivity contribution is -0.586. The van der Waals surface area contributed by atoms with E-state index in [4.69, 9.17) is 0 Å². The molecule has 0 amide bonds. The van der Waals surface area contributed by atoms with Crippen molar-refractivity contribution in [2.75, 3.05) is 0 Å². The summed E-state index contributed by atoms with van der Waals surface area (Å²) < 4.78 is 0. The number of hydrogen-bond acceptors (Lipinski definition) is 3. The lowest BCUT2D eigenvalue weighted by Crippen LogP contribution is -2.48. The lowest BCUT2D eigenvalue weighted by atomic mass is 9.67. The summed E-state index contributed by atoms with van der Waals surface area (Å²) in [6.07, 6.45) is 7.15. The molecule has 0 N–H and O–H groups in total. The van der Waals surface area contributed by atoms with Crippen molar-refractivity contribution < 1.29 is 9.72 Å². The maximum atomic E-state index is 11.5. The minimum absolute atomic E-state index is 0.00375. The summed E-state index contributed by atoms with van der Waals surface area (Å²) in [7, 11) is 0. The predicted octanol–water partition coefficient (Wildman–Crippen LogP) is 2.73. The molecule has 0 aromatic carbocycles. The quantitative estimate of drug-likeness (QED) is 0.536. The summed E-state index contributed by atoms with van der Waals surface area (Å²) in [5, 5.41) is 11.4. The number of Topliss-reactive ketones (excluding diaryl/α,β-unsaturated/α-hetero) is 1. The van der Waals surface area contributed by atoms with E-state index in [1.165, 1.54) is 0 Å². The smallest absolute Gasteiger partial charge is 0.225 e. The van der Waals surface area contributed by atoms with Crippen LogP contribution in [0.15, 0.2) is 0 Å². The van der Waals surface area contributed by atoms with Crippen molar-refractivity contribution in [2.45, 2.75) is 63.3 Å². The van der Waals surface area contributed by atoms with Gasteiger partial charge in [0, 0.05) is 36.5 Å². The minimum atomic E-state index is -0.770. The Morgan fingerprint density at radius 1 is 1.19 bits per heavy atom. The predicted molar refractivity (Wildman–Crippen MR) is 59.8 cm³/mol. The number of ketones is 1. The van der Waals surface area contributed by atoms with Gasteiger partial charge in [-0.05, 0) is 25.7 Å². The van der Waals surface area contributed by atoms with Gasteiger partial charge in [-0.15, -0.1) is 0 Å². The number of rotatable bonds is 2. The van der Waals surface area contributed by atoms with Crippen molar-refractivity contribution in [3.63, 3.8) is 0 Å². The second kappa shape index (κ2) is 4.52. The van der Waals surface area contributed by atoms with E-state index >= 15 is 0 Å². The van der Waals surface area contributed by atoms with Gasteiger partial charge in [0.1, 0.15) is 5.78 Å². The highest BCUT2D eigenvalue weighted by Crippen LogP contribution is 2.42.